The summed E-state index contributed by atoms with van der Waals surface area (Å²) in [5.74, 6) is -0.438. The Morgan fingerprint density at radius 3 is 2.26 bits per heavy atom. The topological polar surface area (TPSA) is 38.7 Å². The fourth-order valence-corrected chi connectivity index (χ4v) is 6.34. The largest absolute Gasteiger partial charge is 0.435 e. The van der Waals surface area contributed by atoms with Crippen LogP contribution in [0.4, 0.5) is 26.3 Å². The van der Waals surface area contributed by atoms with Crippen molar-refractivity contribution in [3.63, 3.8) is 0 Å². The van der Waals surface area contributed by atoms with Crippen LogP contribution in [0.5, 0.6) is 0 Å². The zero-order chi connectivity index (χ0) is 25.6. The Hall–Kier alpha value is -1.78. The molecule has 1 atom stereocenters. The molecule has 3 nitrogen and oxygen atoms in total. The van der Waals surface area contributed by atoms with Crippen LogP contribution in [0.2, 0.25) is 10.0 Å². The molecular weight excluding hydrogens is 539 g/mol. The van der Waals surface area contributed by atoms with E-state index in [0.29, 0.717) is 28.2 Å². The number of hydrogen-bond donors (Lipinski definition) is 0. The molecule has 1 aliphatic heterocycles. The standard InChI is InChI=1S/C23H19Cl2F6NO2S/c24-13-8-12(9-14(25)10-13)21(23(29,30)31)11-17(32-34-21)19-15-4-1-2-5-16(15)20(35-19)18(33)6-3-7-22(26,27)28/h8-10H,1-7,11H2. The minimum atomic E-state index is -4.86. The molecule has 2 heterocycles. The minimum Gasteiger partial charge on any atom is -0.374 e. The highest BCUT2D eigenvalue weighted by atomic mass is 35.5. The van der Waals surface area contributed by atoms with E-state index in [1.165, 1.54) is 6.07 Å². The molecule has 2 aliphatic rings. The maximum atomic E-state index is 14.3. The van der Waals surface area contributed by atoms with Gasteiger partial charge in [0.2, 0.25) is 0 Å². The lowest BCUT2D eigenvalue weighted by atomic mass is 9.85. The Balaban J connectivity index is 1.67. The first-order valence-electron chi connectivity index (χ1n) is 10.8. The highest BCUT2D eigenvalue weighted by Gasteiger charge is 2.62. The number of nitrogens with zero attached hydrogens (tertiary/aromatic N) is 1. The van der Waals surface area contributed by atoms with Gasteiger partial charge in [-0.15, -0.1) is 11.3 Å². The number of halogens is 8. The molecule has 0 saturated carbocycles. The number of alkyl halides is 6. The van der Waals surface area contributed by atoms with Gasteiger partial charge in [0.15, 0.2) is 5.78 Å². The first-order valence-corrected chi connectivity index (χ1v) is 12.4. The second kappa shape index (κ2) is 9.59. The third-order valence-corrected chi connectivity index (χ3v) is 7.92. The van der Waals surface area contributed by atoms with Crippen LogP contribution in [0.3, 0.4) is 0 Å². The molecule has 0 saturated heterocycles. The van der Waals surface area contributed by atoms with Gasteiger partial charge < -0.3 is 4.84 Å². The summed E-state index contributed by atoms with van der Waals surface area (Å²) in [5.41, 5.74) is -1.64. The molecule has 0 bridgehead atoms. The molecule has 1 aromatic heterocycles. The molecule has 0 radical (unpaired) electrons. The summed E-state index contributed by atoms with van der Waals surface area (Å²) in [6.45, 7) is 0. The van der Waals surface area contributed by atoms with Crippen molar-refractivity contribution in [2.45, 2.75) is 69.3 Å². The van der Waals surface area contributed by atoms with Crippen LogP contribution < -0.4 is 0 Å². The maximum absolute atomic E-state index is 14.3. The van der Waals surface area contributed by atoms with Gasteiger partial charge in [-0.25, -0.2) is 0 Å². The van der Waals surface area contributed by atoms with E-state index in [1.54, 1.807) is 0 Å². The first-order chi connectivity index (χ1) is 16.3. The number of benzene rings is 1. The van der Waals surface area contributed by atoms with E-state index in [2.05, 4.69) is 5.16 Å². The molecule has 4 rings (SSSR count). The number of thiophene rings is 1. The van der Waals surface area contributed by atoms with Gasteiger partial charge in [-0.3, -0.25) is 4.79 Å². The Labute approximate surface area is 211 Å². The number of rotatable bonds is 6. The van der Waals surface area contributed by atoms with Gasteiger partial charge in [-0.1, -0.05) is 28.4 Å². The van der Waals surface area contributed by atoms with E-state index in [1.807, 2.05) is 0 Å². The van der Waals surface area contributed by atoms with Crippen LogP contribution in [0, 0.1) is 0 Å². The molecule has 12 heteroatoms. The molecule has 1 unspecified atom stereocenters. The van der Waals surface area contributed by atoms with E-state index in [0.717, 1.165) is 41.9 Å². The summed E-state index contributed by atoms with van der Waals surface area (Å²) in [7, 11) is 0. The fraction of sp³-hybridized carbons (Fsp3) is 0.478. The number of ketones is 1. The maximum Gasteiger partial charge on any atom is 0.435 e. The summed E-state index contributed by atoms with van der Waals surface area (Å²) in [6, 6.07) is 3.55. The Bertz CT molecular complexity index is 1150. The van der Waals surface area contributed by atoms with Crippen LogP contribution >= 0.6 is 34.5 Å². The summed E-state index contributed by atoms with van der Waals surface area (Å²) < 4.78 is 80.5. The number of fused-ring (bicyclic) bond motifs is 1. The molecule has 0 N–H and O–H groups in total. The number of hydrogen-bond acceptors (Lipinski definition) is 4. The van der Waals surface area contributed by atoms with Crippen molar-refractivity contribution in [3.8, 4) is 0 Å². The van der Waals surface area contributed by atoms with Crippen molar-refractivity contribution in [1.82, 2.24) is 0 Å². The second-order valence-electron chi connectivity index (χ2n) is 8.61. The van der Waals surface area contributed by atoms with Gasteiger partial charge in [0.25, 0.3) is 5.60 Å². The lowest BCUT2D eigenvalue weighted by Gasteiger charge is -2.29. The monoisotopic (exact) mass is 557 g/mol. The Morgan fingerprint density at radius 1 is 1.03 bits per heavy atom. The average Bonchev–Trinajstić information content (AvgIpc) is 3.35. The molecule has 1 aliphatic carbocycles. The molecule has 190 valence electrons. The number of Topliss-reactive ketones (excluding diaryl/α,β-unsaturated/α-hetero) is 1. The average molecular weight is 558 g/mol. The zero-order valence-electron chi connectivity index (χ0n) is 18.1. The van der Waals surface area contributed by atoms with Crippen molar-refractivity contribution in [2.75, 3.05) is 0 Å². The van der Waals surface area contributed by atoms with Crippen molar-refractivity contribution >= 4 is 46.0 Å². The van der Waals surface area contributed by atoms with Crippen molar-refractivity contribution in [1.29, 1.82) is 0 Å². The lowest BCUT2D eigenvalue weighted by Crippen LogP contribution is -2.42. The van der Waals surface area contributed by atoms with Crippen molar-refractivity contribution in [3.05, 3.63) is 54.7 Å². The molecular formula is C23H19Cl2F6NO2S. The normalized spacial score (nSPS) is 20.4. The number of oxime groups is 1. The van der Waals surface area contributed by atoms with E-state index in [-0.39, 0.29) is 34.2 Å². The summed E-state index contributed by atoms with van der Waals surface area (Å²) in [5, 5.41) is 3.81. The highest BCUT2D eigenvalue weighted by molar-refractivity contribution is 7.16. The smallest absolute Gasteiger partial charge is 0.374 e. The molecule has 0 spiro atoms. The van der Waals surface area contributed by atoms with Crippen LogP contribution in [0.1, 0.15) is 69.8 Å². The SMILES string of the molecule is O=C(CCCC(F)(F)F)c1sc(C2=NOC(c3cc(Cl)cc(Cl)c3)(C(F)(F)F)C2)c2c1CCCC2. The lowest BCUT2D eigenvalue weighted by molar-refractivity contribution is -0.275. The van der Waals surface area contributed by atoms with Gasteiger partial charge in [0, 0.05) is 28.5 Å². The summed E-state index contributed by atoms with van der Waals surface area (Å²) in [4.78, 5) is 18.6. The van der Waals surface area contributed by atoms with E-state index in [9.17, 15) is 31.1 Å². The van der Waals surface area contributed by atoms with Crippen LogP contribution in [-0.2, 0) is 23.3 Å². The molecule has 1 aromatic carbocycles. The molecule has 35 heavy (non-hydrogen) atoms. The predicted molar refractivity (Wildman–Crippen MR) is 122 cm³/mol. The molecule has 0 fully saturated rings. The summed E-state index contributed by atoms with van der Waals surface area (Å²) in [6.07, 6.45) is -8.95. The quantitative estimate of drug-likeness (QED) is 0.264. The Kier molecular flexibility index (Phi) is 7.20. The fourth-order valence-electron chi connectivity index (χ4n) is 4.47. The van der Waals surface area contributed by atoms with Gasteiger partial charge in [-0.2, -0.15) is 26.3 Å². The zero-order valence-corrected chi connectivity index (χ0v) is 20.4. The Morgan fingerprint density at radius 2 is 1.66 bits per heavy atom. The summed E-state index contributed by atoms with van der Waals surface area (Å²) >= 11 is 12.9. The number of carbonyl (C=O) groups excluding carboxylic acids is 1. The second-order valence-corrected chi connectivity index (χ2v) is 10.5. The minimum absolute atomic E-state index is 0.00779. The molecule has 2 aromatic rings. The van der Waals surface area contributed by atoms with E-state index < -0.39 is 36.6 Å². The molecule has 0 amide bonds. The van der Waals surface area contributed by atoms with Gasteiger partial charge in [0.05, 0.1) is 16.2 Å². The first kappa shape index (κ1) is 26.3. The van der Waals surface area contributed by atoms with E-state index in [4.69, 9.17) is 28.0 Å². The third kappa shape index (κ3) is 5.34. The third-order valence-electron chi connectivity index (χ3n) is 6.11. The highest BCUT2D eigenvalue weighted by Crippen LogP contribution is 2.51. The van der Waals surface area contributed by atoms with Gasteiger partial charge in [0.1, 0.15) is 5.71 Å². The van der Waals surface area contributed by atoms with E-state index >= 15 is 0 Å². The van der Waals surface area contributed by atoms with Crippen molar-refractivity contribution in [2.24, 2.45) is 5.16 Å². The number of carbonyl (C=O) groups is 1. The van der Waals surface area contributed by atoms with Crippen LogP contribution in [0.15, 0.2) is 23.4 Å². The van der Waals surface area contributed by atoms with Gasteiger partial charge >= 0.3 is 12.4 Å². The van der Waals surface area contributed by atoms with Crippen LogP contribution in [-0.4, -0.2) is 23.8 Å². The van der Waals surface area contributed by atoms with Crippen molar-refractivity contribution < 1.29 is 36.0 Å². The van der Waals surface area contributed by atoms with Crippen LogP contribution in [0.25, 0.3) is 0 Å². The predicted octanol–water partition coefficient (Wildman–Crippen LogP) is 8.43. The van der Waals surface area contributed by atoms with Gasteiger partial charge in [-0.05, 0) is 61.4 Å².